The molecule has 0 radical (unpaired) electrons. The molecule has 0 atom stereocenters. The van der Waals surface area contributed by atoms with Crippen LogP contribution in [0.3, 0.4) is 0 Å². The van der Waals surface area contributed by atoms with Crippen molar-refractivity contribution >= 4 is 23.2 Å². The lowest BCUT2D eigenvalue weighted by Crippen LogP contribution is -2.46. The molecule has 7 heteroatoms. The summed E-state index contributed by atoms with van der Waals surface area (Å²) in [6.45, 7) is 6.84. The Labute approximate surface area is 167 Å². The van der Waals surface area contributed by atoms with Gasteiger partial charge in [0.05, 0.1) is 23.4 Å². The average molecular weight is 395 g/mol. The molecule has 0 aromatic heterocycles. The summed E-state index contributed by atoms with van der Waals surface area (Å²) >= 11 is 6.08. The van der Waals surface area contributed by atoms with E-state index < -0.39 is 0 Å². The van der Waals surface area contributed by atoms with Crippen LogP contribution in [-0.4, -0.2) is 68.1 Å². The summed E-state index contributed by atoms with van der Waals surface area (Å²) in [5.41, 5.74) is 6.64. The standard InChI is InChI=1S/C20H31ClN4O2/c1-27-19-14-18(22)17(21)13-16(19)20(26)23-15-5-9-25(10-6-15)12-11-24-7-3-2-4-8-24/h13-15H,2-12,22H2,1H3,(H,23,26). The van der Waals surface area contributed by atoms with Gasteiger partial charge in [-0.15, -0.1) is 0 Å². The van der Waals surface area contributed by atoms with Crippen LogP contribution in [0.5, 0.6) is 5.75 Å². The Morgan fingerprint density at radius 2 is 1.78 bits per heavy atom. The average Bonchev–Trinajstić information content (AvgIpc) is 2.70. The second kappa shape index (κ2) is 9.62. The van der Waals surface area contributed by atoms with E-state index in [0.29, 0.717) is 22.0 Å². The van der Waals surface area contributed by atoms with Crippen molar-refractivity contribution in [3.63, 3.8) is 0 Å². The van der Waals surface area contributed by atoms with Gasteiger partial charge < -0.3 is 25.6 Å². The molecule has 0 spiro atoms. The molecule has 27 heavy (non-hydrogen) atoms. The smallest absolute Gasteiger partial charge is 0.255 e. The molecular weight excluding hydrogens is 364 g/mol. The molecule has 0 aliphatic carbocycles. The third-order valence-electron chi connectivity index (χ3n) is 5.67. The zero-order valence-corrected chi connectivity index (χ0v) is 16.9. The maximum Gasteiger partial charge on any atom is 0.255 e. The number of likely N-dealkylation sites (tertiary alicyclic amines) is 2. The van der Waals surface area contributed by atoms with E-state index in [1.807, 2.05) is 0 Å². The molecule has 2 fully saturated rings. The highest BCUT2D eigenvalue weighted by atomic mass is 35.5. The summed E-state index contributed by atoms with van der Waals surface area (Å²) in [5, 5.41) is 3.50. The van der Waals surface area contributed by atoms with Gasteiger partial charge in [0.25, 0.3) is 5.91 Å². The van der Waals surface area contributed by atoms with Gasteiger partial charge in [0, 0.05) is 38.3 Å². The number of nitrogens with two attached hydrogens (primary N) is 1. The zero-order valence-electron chi connectivity index (χ0n) is 16.2. The Balaban J connectivity index is 1.46. The van der Waals surface area contributed by atoms with E-state index in [1.165, 1.54) is 39.5 Å². The number of nitrogens with one attached hydrogen (secondary N) is 1. The van der Waals surface area contributed by atoms with Crippen LogP contribution in [0.1, 0.15) is 42.5 Å². The molecule has 2 aliphatic heterocycles. The lowest BCUT2D eigenvalue weighted by molar-refractivity contribution is 0.0902. The van der Waals surface area contributed by atoms with E-state index in [9.17, 15) is 4.79 Å². The maximum absolute atomic E-state index is 12.7. The topological polar surface area (TPSA) is 70.8 Å². The van der Waals surface area contributed by atoms with Crippen molar-refractivity contribution in [2.24, 2.45) is 0 Å². The molecule has 0 unspecified atom stereocenters. The number of nitrogens with zero attached hydrogens (tertiary/aromatic N) is 2. The lowest BCUT2D eigenvalue weighted by Gasteiger charge is -2.34. The third-order valence-corrected chi connectivity index (χ3v) is 5.99. The third kappa shape index (κ3) is 5.50. The molecule has 150 valence electrons. The molecule has 1 amide bonds. The number of hydrogen-bond donors (Lipinski definition) is 2. The number of carbonyl (C=O) groups excluding carboxylic acids is 1. The minimum Gasteiger partial charge on any atom is -0.496 e. The first kappa shape index (κ1) is 20.2. The first-order valence-electron chi connectivity index (χ1n) is 9.95. The van der Waals surface area contributed by atoms with Gasteiger partial charge in [0.1, 0.15) is 5.75 Å². The van der Waals surface area contributed by atoms with Crippen molar-refractivity contribution in [1.82, 2.24) is 15.1 Å². The van der Waals surface area contributed by atoms with Crippen LogP contribution in [-0.2, 0) is 0 Å². The Bertz CT molecular complexity index is 641. The molecule has 6 nitrogen and oxygen atoms in total. The first-order chi connectivity index (χ1) is 13.1. The number of benzene rings is 1. The molecule has 2 heterocycles. The van der Waals surface area contributed by atoms with E-state index in [0.717, 1.165) is 39.0 Å². The first-order valence-corrected chi connectivity index (χ1v) is 10.3. The maximum atomic E-state index is 12.7. The van der Waals surface area contributed by atoms with Crippen molar-refractivity contribution in [2.45, 2.75) is 38.1 Å². The second-order valence-corrected chi connectivity index (χ2v) is 7.97. The van der Waals surface area contributed by atoms with Crippen LogP contribution in [0.25, 0.3) is 0 Å². The Hall–Kier alpha value is -1.50. The quantitative estimate of drug-likeness (QED) is 0.726. The number of ether oxygens (including phenoxy) is 1. The van der Waals surface area contributed by atoms with E-state index in [4.69, 9.17) is 22.1 Å². The van der Waals surface area contributed by atoms with Gasteiger partial charge in [-0.05, 0) is 44.8 Å². The zero-order chi connectivity index (χ0) is 19.2. The Kier molecular flexibility index (Phi) is 7.21. The highest BCUT2D eigenvalue weighted by Gasteiger charge is 2.23. The minimum atomic E-state index is -0.152. The molecular formula is C20H31ClN4O2. The van der Waals surface area contributed by atoms with Crippen molar-refractivity contribution < 1.29 is 9.53 Å². The summed E-state index contributed by atoms with van der Waals surface area (Å²) in [5.74, 6) is 0.300. The normalized spacial score (nSPS) is 19.8. The van der Waals surface area contributed by atoms with E-state index in [2.05, 4.69) is 15.1 Å². The fourth-order valence-corrected chi connectivity index (χ4v) is 4.11. The predicted molar refractivity (Wildman–Crippen MR) is 110 cm³/mol. The van der Waals surface area contributed by atoms with Crippen molar-refractivity contribution in [1.29, 1.82) is 0 Å². The summed E-state index contributed by atoms with van der Waals surface area (Å²) in [6, 6.07) is 3.36. The summed E-state index contributed by atoms with van der Waals surface area (Å²) in [7, 11) is 1.53. The van der Waals surface area contributed by atoms with Crippen LogP contribution < -0.4 is 15.8 Å². The highest BCUT2D eigenvalue weighted by molar-refractivity contribution is 6.33. The van der Waals surface area contributed by atoms with Gasteiger partial charge in [0.2, 0.25) is 0 Å². The molecule has 3 rings (SSSR count). The number of methoxy groups -OCH3 is 1. The van der Waals surface area contributed by atoms with Crippen LogP contribution in [0, 0.1) is 0 Å². The predicted octanol–water partition coefficient (Wildman–Crippen LogP) is 2.61. The number of anilines is 1. The second-order valence-electron chi connectivity index (χ2n) is 7.57. The van der Waals surface area contributed by atoms with Gasteiger partial charge in [-0.25, -0.2) is 0 Å². The number of rotatable bonds is 6. The largest absolute Gasteiger partial charge is 0.496 e. The molecule has 1 aromatic carbocycles. The number of halogens is 1. The SMILES string of the molecule is COc1cc(N)c(Cl)cc1C(=O)NC1CCN(CCN2CCCCC2)CC1. The number of carbonyl (C=O) groups is 1. The van der Waals surface area contributed by atoms with E-state index >= 15 is 0 Å². The Morgan fingerprint density at radius 3 is 2.41 bits per heavy atom. The number of amides is 1. The van der Waals surface area contributed by atoms with Crippen LogP contribution in [0.2, 0.25) is 5.02 Å². The number of hydrogen-bond acceptors (Lipinski definition) is 5. The lowest BCUT2D eigenvalue weighted by atomic mass is 10.0. The van der Waals surface area contributed by atoms with Gasteiger partial charge in [-0.1, -0.05) is 18.0 Å². The van der Waals surface area contributed by atoms with Crippen LogP contribution >= 0.6 is 11.6 Å². The van der Waals surface area contributed by atoms with Crippen molar-refractivity contribution in [3.05, 3.63) is 22.7 Å². The molecule has 0 saturated carbocycles. The fourth-order valence-electron chi connectivity index (χ4n) is 3.95. The number of piperidine rings is 2. The van der Waals surface area contributed by atoms with Crippen LogP contribution in [0.15, 0.2) is 12.1 Å². The minimum absolute atomic E-state index is 0.152. The summed E-state index contributed by atoms with van der Waals surface area (Å²) < 4.78 is 5.29. The van der Waals surface area contributed by atoms with E-state index in [-0.39, 0.29) is 11.9 Å². The van der Waals surface area contributed by atoms with Gasteiger partial charge in [0.15, 0.2) is 0 Å². The van der Waals surface area contributed by atoms with Gasteiger partial charge >= 0.3 is 0 Å². The van der Waals surface area contributed by atoms with Crippen LogP contribution in [0.4, 0.5) is 5.69 Å². The highest BCUT2D eigenvalue weighted by Crippen LogP contribution is 2.29. The molecule has 0 bridgehead atoms. The summed E-state index contributed by atoms with van der Waals surface area (Å²) in [6.07, 6.45) is 6.00. The van der Waals surface area contributed by atoms with Gasteiger partial charge in [-0.3, -0.25) is 4.79 Å². The van der Waals surface area contributed by atoms with Gasteiger partial charge in [-0.2, -0.15) is 0 Å². The molecule has 1 aromatic rings. The Morgan fingerprint density at radius 1 is 1.15 bits per heavy atom. The summed E-state index contributed by atoms with van der Waals surface area (Å²) in [4.78, 5) is 17.7. The molecule has 2 saturated heterocycles. The van der Waals surface area contributed by atoms with Crippen molar-refractivity contribution in [2.75, 3.05) is 52.1 Å². The molecule has 3 N–H and O–H groups in total. The monoisotopic (exact) mass is 394 g/mol. The number of nitrogen functional groups attached to an aromatic ring is 1. The fraction of sp³-hybridized carbons (Fsp3) is 0.650. The molecule has 2 aliphatic rings. The van der Waals surface area contributed by atoms with Crippen molar-refractivity contribution in [3.8, 4) is 5.75 Å². The van der Waals surface area contributed by atoms with E-state index in [1.54, 1.807) is 12.1 Å².